The van der Waals surface area contributed by atoms with Gasteiger partial charge in [0, 0.05) is 11.9 Å². The molecule has 2 aromatic rings. The molecule has 78 valence electrons. The Balaban J connectivity index is 1.99. The van der Waals surface area contributed by atoms with Crippen LogP contribution >= 0.6 is 23.1 Å². The zero-order chi connectivity index (χ0) is 10.7. The van der Waals surface area contributed by atoms with Crippen LogP contribution in [0.3, 0.4) is 0 Å². The Bertz CT molecular complexity index is 459. The molecule has 15 heavy (non-hydrogen) atoms. The van der Waals surface area contributed by atoms with Crippen LogP contribution < -0.4 is 5.73 Å². The molecule has 0 amide bonds. The summed E-state index contributed by atoms with van der Waals surface area (Å²) in [6.45, 7) is 0. The molecule has 2 aromatic heterocycles. The second-order valence-corrected chi connectivity index (χ2v) is 4.94. The third-order valence-corrected chi connectivity index (χ3v) is 3.50. The van der Waals surface area contributed by atoms with Crippen LogP contribution in [0, 0.1) is 5.82 Å². The van der Waals surface area contributed by atoms with Gasteiger partial charge < -0.3 is 5.73 Å². The fourth-order valence-corrected chi connectivity index (χ4v) is 2.52. The summed E-state index contributed by atoms with van der Waals surface area (Å²) in [6.07, 6.45) is 2.80. The van der Waals surface area contributed by atoms with Crippen molar-refractivity contribution in [1.82, 2.24) is 15.2 Å². The first-order chi connectivity index (χ1) is 7.24. The van der Waals surface area contributed by atoms with Gasteiger partial charge in [-0.1, -0.05) is 23.1 Å². The van der Waals surface area contributed by atoms with E-state index < -0.39 is 0 Å². The van der Waals surface area contributed by atoms with Gasteiger partial charge in [0.15, 0.2) is 4.34 Å². The number of halogens is 1. The summed E-state index contributed by atoms with van der Waals surface area (Å²) in [5, 5.41) is 7.97. The highest BCUT2D eigenvalue weighted by Crippen LogP contribution is 2.26. The van der Waals surface area contributed by atoms with Crippen LogP contribution in [-0.4, -0.2) is 15.2 Å². The summed E-state index contributed by atoms with van der Waals surface area (Å²) in [7, 11) is 0. The number of pyridine rings is 1. The quantitative estimate of drug-likeness (QED) is 0.833. The maximum absolute atomic E-state index is 12.8. The van der Waals surface area contributed by atoms with Gasteiger partial charge in [0.25, 0.3) is 0 Å². The van der Waals surface area contributed by atoms with Gasteiger partial charge in [0.1, 0.15) is 5.82 Å². The van der Waals surface area contributed by atoms with Crippen molar-refractivity contribution in [2.75, 3.05) is 5.73 Å². The molecule has 0 bridgehead atoms. The van der Waals surface area contributed by atoms with Gasteiger partial charge in [-0.15, -0.1) is 10.2 Å². The molecule has 2 heterocycles. The third kappa shape index (κ3) is 2.87. The molecule has 0 aromatic carbocycles. The van der Waals surface area contributed by atoms with E-state index >= 15 is 0 Å². The number of nitrogen functional groups attached to an aromatic ring is 1. The molecule has 7 heteroatoms. The number of nitrogens with zero attached hydrogens (tertiary/aromatic N) is 3. The van der Waals surface area contributed by atoms with Crippen molar-refractivity contribution in [3.8, 4) is 0 Å². The number of hydrogen-bond acceptors (Lipinski definition) is 6. The van der Waals surface area contributed by atoms with E-state index in [4.69, 9.17) is 5.73 Å². The molecule has 0 aliphatic carbocycles. The number of rotatable bonds is 3. The molecule has 0 saturated carbocycles. The lowest BCUT2D eigenvalue weighted by Gasteiger charge is -1.97. The van der Waals surface area contributed by atoms with Gasteiger partial charge in [-0.2, -0.15) is 0 Å². The fourth-order valence-electron chi connectivity index (χ4n) is 0.959. The minimum absolute atomic E-state index is 0.329. The predicted molar refractivity (Wildman–Crippen MR) is 58.1 cm³/mol. The molecule has 2 rings (SSSR count). The summed E-state index contributed by atoms with van der Waals surface area (Å²) in [5.41, 5.74) is 6.24. The molecule has 2 N–H and O–H groups in total. The second kappa shape index (κ2) is 4.54. The maximum Gasteiger partial charge on any atom is 0.203 e. The van der Waals surface area contributed by atoms with E-state index in [0.717, 1.165) is 9.90 Å². The average molecular weight is 242 g/mol. The molecular formula is C8H7FN4S2. The molecule has 0 aliphatic heterocycles. The largest absolute Gasteiger partial charge is 0.374 e. The average Bonchev–Trinajstić information content (AvgIpc) is 2.62. The lowest BCUT2D eigenvalue weighted by molar-refractivity contribution is 0.619. The third-order valence-electron chi connectivity index (χ3n) is 1.55. The van der Waals surface area contributed by atoms with Crippen molar-refractivity contribution in [2.24, 2.45) is 0 Å². The van der Waals surface area contributed by atoms with Crippen LogP contribution in [0.5, 0.6) is 0 Å². The van der Waals surface area contributed by atoms with Crippen molar-refractivity contribution in [3.05, 3.63) is 29.8 Å². The Morgan fingerprint density at radius 2 is 2.27 bits per heavy atom. The highest BCUT2D eigenvalue weighted by Gasteiger charge is 2.03. The summed E-state index contributed by atoms with van der Waals surface area (Å²) < 4.78 is 13.6. The molecule has 0 atom stereocenters. The summed E-state index contributed by atoms with van der Waals surface area (Å²) in [5.74, 6) is 0.282. The Morgan fingerprint density at radius 1 is 1.40 bits per heavy atom. The van der Waals surface area contributed by atoms with Gasteiger partial charge in [-0.25, -0.2) is 4.39 Å². The minimum Gasteiger partial charge on any atom is -0.374 e. The van der Waals surface area contributed by atoms with E-state index in [2.05, 4.69) is 15.2 Å². The number of aromatic nitrogens is 3. The van der Waals surface area contributed by atoms with E-state index in [9.17, 15) is 4.39 Å². The van der Waals surface area contributed by atoms with E-state index in [1.165, 1.54) is 35.4 Å². The normalized spacial score (nSPS) is 10.5. The minimum atomic E-state index is -0.329. The zero-order valence-corrected chi connectivity index (χ0v) is 9.19. The van der Waals surface area contributed by atoms with Crippen LogP contribution in [0.4, 0.5) is 9.52 Å². The Labute approximate surface area is 93.7 Å². The second-order valence-electron chi connectivity index (χ2n) is 2.71. The first-order valence-electron chi connectivity index (χ1n) is 4.05. The predicted octanol–water partition coefficient (Wildman–Crippen LogP) is 1.95. The maximum atomic E-state index is 12.8. The molecule has 0 fully saturated rings. The first kappa shape index (κ1) is 10.3. The van der Waals surface area contributed by atoms with E-state index in [-0.39, 0.29) is 5.82 Å². The molecule has 0 saturated heterocycles. The van der Waals surface area contributed by atoms with Crippen LogP contribution in [0.1, 0.15) is 5.56 Å². The summed E-state index contributed by atoms with van der Waals surface area (Å²) in [6, 6.07) is 1.45. The van der Waals surface area contributed by atoms with Crippen LogP contribution in [0.25, 0.3) is 0 Å². The highest BCUT2D eigenvalue weighted by molar-refractivity contribution is 8.00. The van der Waals surface area contributed by atoms with Crippen molar-refractivity contribution in [2.45, 2.75) is 10.1 Å². The molecule has 0 unspecified atom stereocenters. The molecule has 0 aliphatic rings. The highest BCUT2D eigenvalue weighted by atomic mass is 32.2. The number of hydrogen-bond donors (Lipinski definition) is 1. The monoisotopic (exact) mass is 242 g/mol. The van der Waals surface area contributed by atoms with Crippen LogP contribution in [0.15, 0.2) is 22.8 Å². The smallest absolute Gasteiger partial charge is 0.203 e. The molecular weight excluding hydrogens is 235 g/mol. The van der Waals surface area contributed by atoms with E-state index in [1.54, 1.807) is 6.20 Å². The first-order valence-corrected chi connectivity index (χ1v) is 5.85. The van der Waals surface area contributed by atoms with Gasteiger partial charge >= 0.3 is 0 Å². The Morgan fingerprint density at radius 3 is 2.93 bits per heavy atom. The summed E-state index contributed by atoms with van der Waals surface area (Å²) >= 11 is 2.78. The van der Waals surface area contributed by atoms with E-state index in [1.807, 2.05) is 0 Å². The lowest BCUT2D eigenvalue weighted by Crippen LogP contribution is -1.85. The van der Waals surface area contributed by atoms with Crippen molar-refractivity contribution in [3.63, 3.8) is 0 Å². The van der Waals surface area contributed by atoms with Crippen molar-refractivity contribution in [1.29, 1.82) is 0 Å². The Kier molecular flexibility index (Phi) is 3.12. The Hall–Kier alpha value is -1.21. The van der Waals surface area contributed by atoms with Gasteiger partial charge in [0.2, 0.25) is 5.13 Å². The van der Waals surface area contributed by atoms with Gasteiger partial charge in [-0.05, 0) is 11.6 Å². The summed E-state index contributed by atoms with van der Waals surface area (Å²) in [4.78, 5) is 3.76. The zero-order valence-electron chi connectivity index (χ0n) is 7.55. The number of nitrogens with two attached hydrogens (primary N) is 1. The molecule has 4 nitrogen and oxygen atoms in total. The van der Waals surface area contributed by atoms with Gasteiger partial charge in [-0.3, -0.25) is 4.98 Å². The topological polar surface area (TPSA) is 64.7 Å². The molecule has 0 spiro atoms. The van der Waals surface area contributed by atoms with Crippen LogP contribution in [-0.2, 0) is 5.75 Å². The van der Waals surface area contributed by atoms with Crippen molar-refractivity contribution >= 4 is 28.2 Å². The lowest BCUT2D eigenvalue weighted by atomic mass is 10.3. The van der Waals surface area contributed by atoms with Crippen LogP contribution in [0.2, 0.25) is 0 Å². The standard InChI is InChI=1S/C8H7FN4S2/c9-6-1-5(2-11-3-6)4-14-8-13-12-7(10)15-8/h1-3H,4H2,(H2,10,12). The number of anilines is 1. The van der Waals surface area contributed by atoms with E-state index in [0.29, 0.717) is 10.9 Å². The molecule has 0 radical (unpaired) electrons. The van der Waals surface area contributed by atoms with Gasteiger partial charge in [0.05, 0.1) is 6.20 Å². The van der Waals surface area contributed by atoms with Crippen molar-refractivity contribution < 1.29 is 4.39 Å². The fraction of sp³-hybridized carbons (Fsp3) is 0.125. The SMILES string of the molecule is Nc1nnc(SCc2cncc(F)c2)s1. The number of thioether (sulfide) groups is 1.